The number of aryl methyl sites for hydroxylation is 2. The van der Waals surface area contributed by atoms with Gasteiger partial charge in [0.15, 0.2) is 11.5 Å². The Morgan fingerprint density at radius 1 is 1.21 bits per heavy atom. The second-order valence-electron chi connectivity index (χ2n) is 5.20. The van der Waals surface area contributed by atoms with Crippen LogP contribution in [0.2, 0.25) is 0 Å². The SMILES string of the molecule is COc1cc(C(=O)O)cc(NC(=O)Cn2nc(C)cc2C)c1OC. The van der Waals surface area contributed by atoms with Gasteiger partial charge in [0.25, 0.3) is 0 Å². The van der Waals surface area contributed by atoms with Crippen LogP contribution in [-0.4, -0.2) is 41.0 Å². The van der Waals surface area contributed by atoms with Crippen molar-refractivity contribution < 1.29 is 24.2 Å². The standard InChI is InChI=1S/C16H19N3O5/c1-9-5-10(2)19(18-9)8-14(20)17-12-6-11(16(21)22)7-13(23-3)15(12)24-4/h5-7H,8H2,1-4H3,(H,17,20)(H,21,22). The molecule has 0 bridgehead atoms. The van der Waals surface area contributed by atoms with Crippen molar-refractivity contribution in [2.75, 3.05) is 19.5 Å². The summed E-state index contributed by atoms with van der Waals surface area (Å²) in [4.78, 5) is 23.5. The number of hydrogen-bond acceptors (Lipinski definition) is 5. The van der Waals surface area contributed by atoms with Crippen molar-refractivity contribution in [3.8, 4) is 11.5 Å². The maximum absolute atomic E-state index is 12.3. The van der Waals surface area contributed by atoms with Crippen LogP contribution in [0.4, 0.5) is 5.69 Å². The maximum atomic E-state index is 12.3. The number of methoxy groups -OCH3 is 2. The Labute approximate surface area is 139 Å². The number of amides is 1. The lowest BCUT2D eigenvalue weighted by molar-refractivity contribution is -0.117. The molecule has 0 aliphatic heterocycles. The van der Waals surface area contributed by atoms with Crippen LogP contribution in [0.15, 0.2) is 18.2 Å². The molecular weight excluding hydrogens is 314 g/mol. The number of rotatable bonds is 6. The maximum Gasteiger partial charge on any atom is 0.335 e. The fraction of sp³-hybridized carbons (Fsp3) is 0.312. The molecule has 1 heterocycles. The van der Waals surface area contributed by atoms with Crippen molar-refractivity contribution in [1.82, 2.24) is 9.78 Å². The van der Waals surface area contributed by atoms with E-state index in [4.69, 9.17) is 9.47 Å². The minimum Gasteiger partial charge on any atom is -0.493 e. The molecule has 0 atom stereocenters. The molecule has 2 rings (SSSR count). The number of carbonyl (C=O) groups is 2. The second-order valence-corrected chi connectivity index (χ2v) is 5.20. The molecule has 0 saturated heterocycles. The highest BCUT2D eigenvalue weighted by molar-refractivity contribution is 5.96. The fourth-order valence-electron chi connectivity index (χ4n) is 2.34. The Balaban J connectivity index is 2.30. The van der Waals surface area contributed by atoms with Gasteiger partial charge >= 0.3 is 5.97 Å². The summed E-state index contributed by atoms with van der Waals surface area (Å²) in [5.74, 6) is -1.02. The molecule has 0 saturated carbocycles. The number of carbonyl (C=O) groups excluding carboxylic acids is 1. The van der Waals surface area contributed by atoms with E-state index in [1.807, 2.05) is 19.9 Å². The topological polar surface area (TPSA) is 103 Å². The molecule has 2 aromatic rings. The molecule has 0 fully saturated rings. The van der Waals surface area contributed by atoms with E-state index < -0.39 is 5.97 Å². The number of aromatic nitrogens is 2. The molecule has 0 radical (unpaired) electrons. The van der Waals surface area contributed by atoms with Crippen molar-refractivity contribution in [3.05, 3.63) is 35.2 Å². The molecule has 2 N–H and O–H groups in total. The Morgan fingerprint density at radius 3 is 2.42 bits per heavy atom. The fourth-order valence-corrected chi connectivity index (χ4v) is 2.34. The van der Waals surface area contributed by atoms with E-state index in [0.29, 0.717) is 0 Å². The van der Waals surface area contributed by atoms with Crippen LogP contribution in [0.25, 0.3) is 0 Å². The molecule has 0 unspecified atom stereocenters. The number of carboxylic acid groups (broad SMARTS) is 1. The zero-order valence-electron chi connectivity index (χ0n) is 13.9. The van der Waals surface area contributed by atoms with Crippen LogP contribution < -0.4 is 14.8 Å². The third-order valence-electron chi connectivity index (χ3n) is 3.40. The number of nitrogens with one attached hydrogen (secondary N) is 1. The monoisotopic (exact) mass is 333 g/mol. The smallest absolute Gasteiger partial charge is 0.335 e. The van der Waals surface area contributed by atoms with Crippen LogP contribution in [0.5, 0.6) is 11.5 Å². The van der Waals surface area contributed by atoms with Crippen molar-refractivity contribution in [2.24, 2.45) is 0 Å². The molecule has 24 heavy (non-hydrogen) atoms. The average Bonchev–Trinajstić information content (AvgIpc) is 2.83. The summed E-state index contributed by atoms with van der Waals surface area (Å²) in [6.45, 7) is 3.69. The number of anilines is 1. The number of ether oxygens (including phenoxy) is 2. The van der Waals surface area contributed by atoms with Gasteiger partial charge in [-0.2, -0.15) is 5.10 Å². The van der Waals surface area contributed by atoms with Gasteiger partial charge in [-0.3, -0.25) is 9.48 Å². The van der Waals surface area contributed by atoms with Gasteiger partial charge in [-0.15, -0.1) is 0 Å². The molecule has 1 amide bonds. The van der Waals surface area contributed by atoms with E-state index in [9.17, 15) is 14.7 Å². The zero-order valence-corrected chi connectivity index (χ0v) is 13.9. The number of carboxylic acids is 1. The highest BCUT2D eigenvalue weighted by Gasteiger charge is 2.18. The Kier molecular flexibility index (Phi) is 5.08. The van der Waals surface area contributed by atoms with Crippen LogP contribution in [0.1, 0.15) is 21.7 Å². The molecule has 128 valence electrons. The first-order chi connectivity index (χ1) is 11.3. The van der Waals surface area contributed by atoms with Gasteiger partial charge in [-0.05, 0) is 32.0 Å². The van der Waals surface area contributed by atoms with E-state index in [-0.39, 0.29) is 35.2 Å². The number of hydrogen-bond donors (Lipinski definition) is 2. The quantitative estimate of drug-likeness (QED) is 0.836. The summed E-state index contributed by atoms with van der Waals surface area (Å²) in [5.41, 5.74) is 1.87. The van der Waals surface area contributed by atoms with Crippen molar-refractivity contribution in [1.29, 1.82) is 0 Å². The second kappa shape index (κ2) is 7.03. The van der Waals surface area contributed by atoms with Gasteiger partial charge < -0.3 is 19.9 Å². The van der Waals surface area contributed by atoms with Gasteiger partial charge in [0, 0.05) is 5.69 Å². The van der Waals surface area contributed by atoms with Crippen molar-refractivity contribution >= 4 is 17.6 Å². The molecule has 0 aliphatic rings. The first-order valence-electron chi connectivity index (χ1n) is 7.16. The minimum atomic E-state index is -1.13. The first-order valence-corrected chi connectivity index (χ1v) is 7.16. The Bertz CT molecular complexity index is 782. The Hall–Kier alpha value is -3.03. The normalized spacial score (nSPS) is 10.3. The molecule has 8 nitrogen and oxygen atoms in total. The zero-order chi connectivity index (χ0) is 17.9. The van der Waals surface area contributed by atoms with E-state index in [0.717, 1.165) is 11.4 Å². The summed E-state index contributed by atoms with van der Waals surface area (Å²) < 4.78 is 11.9. The lowest BCUT2D eigenvalue weighted by Gasteiger charge is -2.15. The van der Waals surface area contributed by atoms with Crippen LogP contribution in [0.3, 0.4) is 0 Å². The summed E-state index contributed by atoms with van der Waals surface area (Å²) in [5, 5.41) is 16.0. The molecule has 0 aliphatic carbocycles. The van der Waals surface area contributed by atoms with Gasteiger partial charge in [0.1, 0.15) is 6.54 Å². The van der Waals surface area contributed by atoms with E-state index >= 15 is 0 Å². The van der Waals surface area contributed by atoms with Crippen molar-refractivity contribution in [3.63, 3.8) is 0 Å². The number of aromatic carboxylic acids is 1. The van der Waals surface area contributed by atoms with E-state index in [2.05, 4.69) is 10.4 Å². The summed E-state index contributed by atoms with van der Waals surface area (Å²) >= 11 is 0. The minimum absolute atomic E-state index is 0.00242. The number of nitrogens with zero attached hydrogens (tertiary/aromatic N) is 2. The van der Waals surface area contributed by atoms with Gasteiger partial charge in [-0.1, -0.05) is 0 Å². The average molecular weight is 333 g/mol. The first kappa shape index (κ1) is 17.3. The summed E-state index contributed by atoms with van der Waals surface area (Å²) in [6, 6.07) is 4.52. The molecule has 1 aromatic carbocycles. The molecule has 0 spiro atoms. The lowest BCUT2D eigenvalue weighted by atomic mass is 10.1. The highest BCUT2D eigenvalue weighted by atomic mass is 16.5. The van der Waals surface area contributed by atoms with E-state index in [1.54, 1.807) is 4.68 Å². The summed E-state index contributed by atoms with van der Waals surface area (Å²) in [7, 11) is 2.81. The molecular formula is C16H19N3O5. The summed E-state index contributed by atoms with van der Waals surface area (Å²) in [6.07, 6.45) is 0. The van der Waals surface area contributed by atoms with E-state index in [1.165, 1.54) is 26.4 Å². The molecule has 1 aromatic heterocycles. The predicted octanol–water partition coefficient (Wildman–Crippen LogP) is 1.85. The number of benzene rings is 1. The van der Waals surface area contributed by atoms with Crippen LogP contribution in [0, 0.1) is 13.8 Å². The van der Waals surface area contributed by atoms with Crippen LogP contribution in [-0.2, 0) is 11.3 Å². The predicted molar refractivity (Wildman–Crippen MR) is 86.8 cm³/mol. The highest BCUT2D eigenvalue weighted by Crippen LogP contribution is 2.36. The third kappa shape index (κ3) is 3.65. The lowest BCUT2D eigenvalue weighted by Crippen LogP contribution is -2.21. The van der Waals surface area contributed by atoms with Gasteiger partial charge in [-0.25, -0.2) is 4.79 Å². The van der Waals surface area contributed by atoms with Crippen LogP contribution >= 0.6 is 0 Å². The largest absolute Gasteiger partial charge is 0.493 e. The molecule has 8 heteroatoms. The van der Waals surface area contributed by atoms with Gasteiger partial charge in [0.05, 0.1) is 31.2 Å². The van der Waals surface area contributed by atoms with Gasteiger partial charge in [0.2, 0.25) is 5.91 Å². The third-order valence-corrected chi connectivity index (χ3v) is 3.40. The van der Waals surface area contributed by atoms with Crippen molar-refractivity contribution in [2.45, 2.75) is 20.4 Å². The Morgan fingerprint density at radius 2 is 1.92 bits per heavy atom.